The lowest BCUT2D eigenvalue weighted by molar-refractivity contribution is -0.119. The molecule has 128 valence electrons. The number of aromatic nitrogens is 3. The molecule has 1 aliphatic carbocycles. The fourth-order valence-electron chi connectivity index (χ4n) is 3.06. The Morgan fingerprint density at radius 3 is 2.71 bits per heavy atom. The fraction of sp³-hybridized carbons (Fsp3) is 0.500. The van der Waals surface area contributed by atoms with Gasteiger partial charge in [-0.1, -0.05) is 12.8 Å². The van der Waals surface area contributed by atoms with Crippen molar-refractivity contribution in [1.82, 2.24) is 19.4 Å². The minimum Gasteiger partial charge on any atom is -0.353 e. The van der Waals surface area contributed by atoms with Crippen molar-refractivity contribution in [2.45, 2.75) is 36.6 Å². The summed E-state index contributed by atoms with van der Waals surface area (Å²) in [6, 6.07) is 1.99. The van der Waals surface area contributed by atoms with Crippen LogP contribution in [-0.2, 0) is 18.9 Å². The Morgan fingerprint density at radius 1 is 1.29 bits per heavy atom. The normalized spacial score (nSPS) is 15.1. The maximum Gasteiger partial charge on any atom is 0.332 e. The summed E-state index contributed by atoms with van der Waals surface area (Å²) in [5, 5.41) is 3.41. The summed E-state index contributed by atoms with van der Waals surface area (Å²) in [7, 11) is 3.02. The molecule has 2 aromatic rings. The van der Waals surface area contributed by atoms with Crippen LogP contribution in [0.2, 0.25) is 0 Å². The molecule has 3 rings (SSSR count). The number of fused-ring (bicyclic) bond motifs is 1. The molecule has 1 amide bonds. The first kappa shape index (κ1) is 16.8. The fourth-order valence-corrected chi connectivity index (χ4v) is 3.91. The molecule has 0 aliphatic heterocycles. The summed E-state index contributed by atoms with van der Waals surface area (Å²) in [5.41, 5.74) is -0.467. The largest absolute Gasteiger partial charge is 0.353 e. The van der Waals surface area contributed by atoms with E-state index < -0.39 is 5.69 Å². The molecule has 0 saturated heterocycles. The first-order chi connectivity index (χ1) is 11.5. The zero-order chi connectivity index (χ0) is 17.3. The van der Waals surface area contributed by atoms with E-state index in [1.807, 2.05) is 0 Å². The monoisotopic (exact) mass is 348 g/mol. The molecule has 2 heterocycles. The van der Waals surface area contributed by atoms with Crippen LogP contribution < -0.4 is 16.6 Å². The predicted octanol–water partition coefficient (Wildman–Crippen LogP) is 0.783. The molecule has 0 spiro atoms. The molecule has 1 fully saturated rings. The third-order valence-corrected chi connectivity index (χ3v) is 5.44. The SMILES string of the molecule is Cn1c(=O)c2c(SCC(=O)NC3CCCC3)ccnc2n(C)c1=O. The third kappa shape index (κ3) is 3.10. The van der Waals surface area contributed by atoms with Crippen molar-refractivity contribution in [3.05, 3.63) is 33.1 Å². The number of nitrogens with one attached hydrogen (secondary N) is 1. The molecular weight excluding hydrogens is 328 g/mol. The van der Waals surface area contributed by atoms with Gasteiger partial charge in [0.05, 0.1) is 11.1 Å². The summed E-state index contributed by atoms with van der Waals surface area (Å²) in [5.74, 6) is 0.209. The van der Waals surface area contributed by atoms with Gasteiger partial charge in [-0.2, -0.15) is 0 Å². The van der Waals surface area contributed by atoms with Crippen molar-refractivity contribution in [2.24, 2.45) is 14.1 Å². The molecule has 1 aliphatic rings. The Kier molecular flexibility index (Phi) is 4.75. The van der Waals surface area contributed by atoms with Crippen molar-refractivity contribution in [2.75, 3.05) is 5.75 Å². The van der Waals surface area contributed by atoms with Crippen molar-refractivity contribution in [1.29, 1.82) is 0 Å². The average Bonchev–Trinajstić information content (AvgIpc) is 3.08. The van der Waals surface area contributed by atoms with Crippen molar-refractivity contribution in [3.63, 3.8) is 0 Å². The molecule has 1 saturated carbocycles. The lowest BCUT2D eigenvalue weighted by atomic mass is 10.2. The Bertz CT molecular complexity index is 897. The van der Waals surface area contributed by atoms with Gasteiger partial charge in [-0.3, -0.25) is 18.7 Å². The topological polar surface area (TPSA) is 86.0 Å². The first-order valence-electron chi connectivity index (χ1n) is 7.96. The number of carbonyl (C=O) groups excluding carboxylic acids is 1. The van der Waals surface area contributed by atoms with Gasteiger partial charge in [-0.05, 0) is 18.9 Å². The van der Waals surface area contributed by atoms with Crippen LogP contribution in [0.15, 0.2) is 26.7 Å². The minimum atomic E-state index is -0.416. The van der Waals surface area contributed by atoms with Gasteiger partial charge in [0.2, 0.25) is 5.91 Å². The van der Waals surface area contributed by atoms with Crippen LogP contribution in [-0.4, -0.2) is 31.8 Å². The quantitative estimate of drug-likeness (QED) is 0.826. The van der Waals surface area contributed by atoms with Gasteiger partial charge in [0.25, 0.3) is 5.56 Å². The molecule has 1 N–H and O–H groups in total. The molecule has 24 heavy (non-hydrogen) atoms. The minimum absolute atomic E-state index is 0.0292. The number of nitrogens with zero attached hydrogens (tertiary/aromatic N) is 3. The van der Waals surface area contributed by atoms with E-state index in [1.165, 1.54) is 23.4 Å². The molecule has 2 aromatic heterocycles. The van der Waals surface area contributed by atoms with Crippen LogP contribution in [0.5, 0.6) is 0 Å². The Morgan fingerprint density at radius 2 is 2.00 bits per heavy atom. The van der Waals surface area contributed by atoms with Gasteiger partial charge >= 0.3 is 5.69 Å². The zero-order valence-corrected chi connectivity index (χ0v) is 14.6. The Hall–Kier alpha value is -2.09. The number of aryl methyl sites for hydroxylation is 1. The molecule has 0 unspecified atom stereocenters. The van der Waals surface area contributed by atoms with E-state index in [1.54, 1.807) is 19.3 Å². The summed E-state index contributed by atoms with van der Waals surface area (Å²) in [6.07, 6.45) is 5.96. The van der Waals surface area contributed by atoms with Gasteiger partial charge in [-0.25, -0.2) is 9.78 Å². The van der Waals surface area contributed by atoms with Crippen LogP contribution in [0.3, 0.4) is 0 Å². The van der Waals surface area contributed by atoms with Gasteiger partial charge < -0.3 is 5.32 Å². The second-order valence-corrected chi connectivity index (χ2v) is 7.07. The summed E-state index contributed by atoms with van der Waals surface area (Å²) in [6.45, 7) is 0. The smallest absolute Gasteiger partial charge is 0.332 e. The number of amides is 1. The highest BCUT2D eigenvalue weighted by Gasteiger charge is 2.18. The maximum atomic E-state index is 12.4. The summed E-state index contributed by atoms with van der Waals surface area (Å²) >= 11 is 1.30. The highest BCUT2D eigenvalue weighted by Crippen LogP contribution is 2.24. The van der Waals surface area contributed by atoms with Crippen molar-refractivity contribution >= 4 is 28.7 Å². The molecule has 0 atom stereocenters. The number of thioether (sulfide) groups is 1. The van der Waals surface area contributed by atoms with Crippen LogP contribution in [0, 0.1) is 0 Å². The number of hydrogen-bond acceptors (Lipinski definition) is 5. The van der Waals surface area contributed by atoms with Crippen molar-refractivity contribution in [3.8, 4) is 0 Å². The van der Waals surface area contributed by atoms with E-state index in [9.17, 15) is 14.4 Å². The van der Waals surface area contributed by atoms with E-state index in [0.717, 1.165) is 30.3 Å². The number of pyridine rings is 1. The lowest BCUT2D eigenvalue weighted by Gasteiger charge is -2.12. The Balaban J connectivity index is 1.86. The van der Waals surface area contributed by atoms with Crippen LogP contribution >= 0.6 is 11.8 Å². The van der Waals surface area contributed by atoms with E-state index >= 15 is 0 Å². The lowest BCUT2D eigenvalue weighted by Crippen LogP contribution is -2.37. The van der Waals surface area contributed by atoms with Gasteiger partial charge in [0.1, 0.15) is 5.65 Å². The highest BCUT2D eigenvalue weighted by molar-refractivity contribution is 8.00. The van der Waals surface area contributed by atoms with E-state index in [2.05, 4.69) is 10.3 Å². The number of carbonyl (C=O) groups is 1. The maximum absolute atomic E-state index is 12.4. The second-order valence-electron chi connectivity index (χ2n) is 6.05. The van der Waals surface area contributed by atoms with Gasteiger partial charge in [0, 0.05) is 31.2 Å². The van der Waals surface area contributed by atoms with E-state index in [4.69, 9.17) is 0 Å². The number of rotatable bonds is 4. The van der Waals surface area contributed by atoms with E-state index in [-0.39, 0.29) is 23.3 Å². The summed E-state index contributed by atoms with van der Waals surface area (Å²) in [4.78, 5) is 41.3. The average molecular weight is 348 g/mol. The molecule has 0 radical (unpaired) electrons. The Labute approximate surface area is 143 Å². The third-order valence-electron chi connectivity index (χ3n) is 4.38. The van der Waals surface area contributed by atoms with Crippen LogP contribution in [0.1, 0.15) is 25.7 Å². The van der Waals surface area contributed by atoms with E-state index in [0.29, 0.717) is 15.9 Å². The summed E-state index contributed by atoms with van der Waals surface area (Å²) < 4.78 is 2.41. The van der Waals surface area contributed by atoms with Gasteiger partial charge in [0.15, 0.2) is 0 Å². The van der Waals surface area contributed by atoms with Gasteiger partial charge in [-0.15, -0.1) is 11.8 Å². The molecule has 7 nitrogen and oxygen atoms in total. The first-order valence-corrected chi connectivity index (χ1v) is 8.94. The second kappa shape index (κ2) is 6.80. The standard InChI is InChI=1S/C16H20N4O3S/c1-19-14-13(15(22)20(2)16(19)23)11(7-8-17-14)24-9-12(21)18-10-5-3-4-6-10/h7-8,10H,3-6,9H2,1-2H3,(H,18,21). The zero-order valence-electron chi connectivity index (χ0n) is 13.7. The predicted molar refractivity (Wildman–Crippen MR) is 93.3 cm³/mol. The number of hydrogen-bond donors (Lipinski definition) is 1. The molecular formula is C16H20N4O3S. The van der Waals surface area contributed by atoms with Crippen LogP contribution in [0.25, 0.3) is 11.0 Å². The molecule has 0 aromatic carbocycles. The highest BCUT2D eigenvalue weighted by atomic mass is 32.2. The molecule has 8 heteroatoms. The van der Waals surface area contributed by atoms with Crippen molar-refractivity contribution < 1.29 is 4.79 Å². The van der Waals surface area contributed by atoms with Crippen LogP contribution in [0.4, 0.5) is 0 Å². The molecule has 0 bridgehead atoms.